The molecule has 1 aromatic heterocycles. The molecule has 1 fully saturated rings. The monoisotopic (exact) mass is 618 g/mol. The number of rotatable bonds is 11. The summed E-state index contributed by atoms with van der Waals surface area (Å²) in [7, 11) is 7.36. The van der Waals surface area contributed by atoms with E-state index in [1.807, 2.05) is 30.9 Å². The molecule has 2 heterocycles. The molecule has 0 bridgehead atoms. The average molecular weight is 619 g/mol. The lowest BCUT2D eigenvalue weighted by Crippen LogP contribution is -2.57. The van der Waals surface area contributed by atoms with E-state index >= 15 is 0 Å². The molecule has 2 N–H and O–H groups in total. The van der Waals surface area contributed by atoms with E-state index in [9.17, 15) is 22.8 Å². The lowest BCUT2D eigenvalue weighted by atomic mass is 9.93. The first-order valence-electron chi connectivity index (χ1n) is 14.6. The number of nitrogens with one attached hydrogen (secondary N) is 2. The van der Waals surface area contributed by atoms with E-state index in [0.29, 0.717) is 53.6 Å². The molecule has 1 saturated carbocycles. The minimum absolute atomic E-state index is 0.127. The molecule has 0 spiro atoms. The molecule has 14 heteroatoms. The van der Waals surface area contributed by atoms with Gasteiger partial charge in [-0.15, -0.1) is 0 Å². The van der Waals surface area contributed by atoms with Crippen molar-refractivity contribution in [2.24, 2.45) is 0 Å². The zero-order valence-corrected chi connectivity index (χ0v) is 25.9. The first-order valence-corrected chi connectivity index (χ1v) is 14.6. The van der Waals surface area contributed by atoms with E-state index in [0.717, 1.165) is 37.6 Å². The summed E-state index contributed by atoms with van der Waals surface area (Å²) in [5.41, 5.74) is 2.08. The van der Waals surface area contributed by atoms with Crippen LogP contribution >= 0.6 is 0 Å². The lowest BCUT2D eigenvalue weighted by molar-refractivity contribution is -0.172. The third-order valence-electron chi connectivity index (χ3n) is 8.04. The van der Waals surface area contributed by atoms with Crippen molar-refractivity contribution in [3.05, 3.63) is 36.5 Å². The highest BCUT2D eigenvalue weighted by atomic mass is 19.4. The van der Waals surface area contributed by atoms with Crippen molar-refractivity contribution in [1.29, 1.82) is 0 Å². The Morgan fingerprint density at radius 1 is 1.18 bits per heavy atom. The highest BCUT2D eigenvalue weighted by Gasteiger charge is 2.47. The Hall–Kier alpha value is -4.07. The number of nitrogens with zero attached hydrogens (tertiary/aromatic N) is 6. The molecule has 1 aliphatic heterocycles. The first-order chi connectivity index (χ1) is 20.8. The Bertz CT molecular complexity index is 1360. The van der Waals surface area contributed by atoms with Crippen LogP contribution in [0.4, 0.5) is 46.8 Å². The van der Waals surface area contributed by atoms with Crippen LogP contribution in [-0.2, 0) is 11.3 Å². The van der Waals surface area contributed by atoms with Gasteiger partial charge in [0.2, 0.25) is 11.9 Å². The number of halogens is 3. The standard InChI is InChI=1S/C30H41F3N8O3/c1-7-26(42)35-22-15-23(25(44-6)16-24(22)39(5)14-13-38(3)4)36-28-34-17-20-18-40(19(2)30(31,32)33)29(43)41(27(20)37-28)21-11-9-8-10-12-21/h7,15-17,19,21H,1,8-14,18H2,2-6H3,(H,35,42)(H,34,36,37)/t19-/m0/s1. The summed E-state index contributed by atoms with van der Waals surface area (Å²) < 4.78 is 46.8. The molecule has 240 valence electrons. The van der Waals surface area contributed by atoms with Crippen molar-refractivity contribution in [2.45, 2.75) is 63.8 Å². The second-order valence-corrected chi connectivity index (χ2v) is 11.4. The van der Waals surface area contributed by atoms with E-state index in [2.05, 4.69) is 27.2 Å². The molecule has 0 unspecified atom stereocenters. The Morgan fingerprint density at radius 3 is 2.50 bits per heavy atom. The van der Waals surface area contributed by atoms with Gasteiger partial charge in [-0.25, -0.2) is 9.78 Å². The van der Waals surface area contributed by atoms with Crippen molar-refractivity contribution in [1.82, 2.24) is 19.8 Å². The van der Waals surface area contributed by atoms with E-state index in [1.165, 1.54) is 24.3 Å². The normalized spacial score (nSPS) is 16.4. The number of hydrogen-bond acceptors (Lipinski definition) is 8. The average Bonchev–Trinajstić information content (AvgIpc) is 2.99. The highest BCUT2D eigenvalue weighted by Crippen LogP contribution is 2.40. The minimum atomic E-state index is -4.57. The van der Waals surface area contributed by atoms with Gasteiger partial charge in [0, 0.05) is 44.0 Å². The molecule has 3 amide bonds. The molecule has 11 nitrogen and oxygen atoms in total. The number of aromatic nitrogens is 2. The number of amides is 3. The van der Waals surface area contributed by atoms with E-state index < -0.39 is 24.2 Å². The maximum absolute atomic E-state index is 13.7. The van der Waals surface area contributed by atoms with Crippen LogP contribution < -0.4 is 25.2 Å². The number of alkyl halides is 3. The summed E-state index contributed by atoms with van der Waals surface area (Å²) >= 11 is 0. The summed E-state index contributed by atoms with van der Waals surface area (Å²) in [6, 6.07) is 0.532. The fourth-order valence-electron chi connectivity index (χ4n) is 5.43. The van der Waals surface area contributed by atoms with Crippen LogP contribution in [0.25, 0.3) is 0 Å². The largest absolute Gasteiger partial charge is 0.494 e. The molecule has 1 aliphatic carbocycles. The predicted octanol–water partition coefficient (Wildman–Crippen LogP) is 5.38. The van der Waals surface area contributed by atoms with Crippen LogP contribution in [0, 0.1) is 0 Å². The fourth-order valence-corrected chi connectivity index (χ4v) is 5.43. The number of methoxy groups -OCH3 is 1. The molecular formula is C30H41F3N8O3. The number of ether oxygens (including phenoxy) is 1. The van der Waals surface area contributed by atoms with Gasteiger partial charge in [-0.2, -0.15) is 18.2 Å². The van der Waals surface area contributed by atoms with Crippen molar-refractivity contribution >= 4 is 40.8 Å². The van der Waals surface area contributed by atoms with Gasteiger partial charge < -0.3 is 30.1 Å². The summed E-state index contributed by atoms with van der Waals surface area (Å²) in [6.07, 6.45) is 2.17. The van der Waals surface area contributed by atoms with Crippen LogP contribution in [0.1, 0.15) is 44.6 Å². The molecule has 1 atom stereocenters. The lowest BCUT2D eigenvalue weighted by Gasteiger charge is -2.43. The van der Waals surface area contributed by atoms with Crippen LogP contribution in [0.5, 0.6) is 5.75 Å². The SMILES string of the molecule is C=CC(=O)Nc1cc(Nc2ncc3c(n2)N(C2CCCCC2)C(=O)N([C@@H](C)C(F)(F)F)C3)c(OC)cc1N(C)CCN(C)C. The Labute approximate surface area is 256 Å². The van der Waals surface area contributed by atoms with Gasteiger partial charge in [0.05, 0.1) is 30.7 Å². The number of carbonyl (C=O) groups excluding carboxylic acids is 2. The highest BCUT2D eigenvalue weighted by molar-refractivity contribution is 6.02. The van der Waals surface area contributed by atoms with Gasteiger partial charge in [0.1, 0.15) is 17.6 Å². The number of benzene rings is 1. The van der Waals surface area contributed by atoms with Crippen molar-refractivity contribution in [2.75, 3.05) is 61.8 Å². The van der Waals surface area contributed by atoms with Crippen LogP contribution in [0.2, 0.25) is 0 Å². The minimum Gasteiger partial charge on any atom is -0.494 e. The maximum atomic E-state index is 13.7. The number of likely N-dealkylation sites (N-methyl/N-ethyl adjacent to an activating group) is 2. The van der Waals surface area contributed by atoms with Gasteiger partial charge >= 0.3 is 12.2 Å². The molecule has 0 saturated heterocycles. The molecule has 2 aliphatic rings. The summed E-state index contributed by atoms with van der Waals surface area (Å²) in [6.45, 7) is 5.72. The maximum Gasteiger partial charge on any atom is 0.408 e. The number of carbonyl (C=O) groups is 2. The van der Waals surface area contributed by atoms with Crippen molar-refractivity contribution < 1.29 is 27.5 Å². The second-order valence-electron chi connectivity index (χ2n) is 11.4. The summed E-state index contributed by atoms with van der Waals surface area (Å²) in [5.74, 6) is 0.472. The van der Waals surface area contributed by atoms with Crippen LogP contribution in [0.15, 0.2) is 31.0 Å². The second kappa shape index (κ2) is 13.7. The van der Waals surface area contributed by atoms with Crippen molar-refractivity contribution in [3.63, 3.8) is 0 Å². The van der Waals surface area contributed by atoms with E-state index in [-0.39, 0.29) is 18.5 Å². The summed E-state index contributed by atoms with van der Waals surface area (Å²) in [5, 5.41) is 5.98. The van der Waals surface area contributed by atoms with Gasteiger partial charge in [-0.05, 0) is 46.0 Å². The molecular weight excluding hydrogens is 577 g/mol. The third kappa shape index (κ3) is 7.34. The van der Waals surface area contributed by atoms with Crippen LogP contribution in [0.3, 0.4) is 0 Å². The smallest absolute Gasteiger partial charge is 0.408 e. The Kier molecular flexibility index (Phi) is 10.2. The Balaban J connectivity index is 1.73. The molecule has 2 aromatic rings. The third-order valence-corrected chi connectivity index (χ3v) is 8.04. The topological polar surface area (TPSA) is 106 Å². The zero-order chi connectivity index (χ0) is 32.2. The van der Waals surface area contributed by atoms with E-state index in [1.54, 1.807) is 12.1 Å². The van der Waals surface area contributed by atoms with Crippen molar-refractivity contribution in [3.8, 4) is 5.75 Å². The number of hydrogen-bond donors (Lipinski definition) is 2. The zero-order valence-electron chi connectivity index (χ0n) is 25.9. The predicted molar refractivity (Wildman–Crippen MR) is 165 cm³/mol. The molecule has 44 heavy (non-hydrogen) atoms. The number of anilines is 5. The molecule has 0 radical (unpaired) electrons. The molecule has 4 rings (SSSR count). The van der Waals surface area contributed by atoms with Crippen LogP contribution in [-0.4, -0.2) is 91.3 Å². The molecule has 1 aromatic carbocycles. The quantitative estimate of drug-likeness (QED) is 0.324. The van der Waals surface area contributed by atoms with Gasteiger partial charge in [-0.1, -0.05) is 25.8 Å². The van der Waals surface area contributed by atoms with Gasteiger partial charge in [-0.3, -0.25) is 9.69 Å². The summed E-state index contributed by atoms with van der Waals surface area (Å²) in [4.78, 5) is 41.3. The Morgan fingerprint density at radius 2 is 1.89 bits per heavy atom. The van der Waals surface area contributed by atoms with Gasteiger partial charge in [0.15, 0.2) is 0 Å². The number of fused-ring (bicyclic) bond motifs is 1. The first kappa shape index (κ1) is 32.8. The fraction of sp³-hybridized carbons (Fsp3) is 0.533. The van der Waals surface area contributed by atoms with E-state index in [4.69, 9.17) is 4.74 Å². The number of urea groups is 1. The van der Waals surface area contributed by atoms with Gasteiger partial charge in [0.25, 0.3) is 0 Å².